The van der Waals surface area contributed by atoms with Crippen molar-refractivity contribution in [2.75, 3.05) is 13.2 Å². The van der Waals surface area contributed by atoms with Gasteiger partial charge in [0.25, 0.3) is 0 Å². The van der Waals surface area contributed by atoms with Crippen LogP contribution in [0.5, 0.6) is 0 Å². The van der Waals surface area contributed by atoms with Crippen molar-refractivity contribution < 1.29 is 54.3 Å². The Labute approximate surface area is 181 Å². The molecule has 0 bridgehead atoms. The highest BCUT2D eigenvalue weighted by Crippen LogP contribution is 2.34. The van der Waals surface area contributed by atoms with Gasteiger partial charge in [0.1, 0.15) is 48.8 Å². The number of hydrogen-bond donors (Lipinski definition) is 6. The number of hydrogen-bond acceptors (Lipinski definition) is 11. The summed E-state index contributed by atoms with van der Waals surface area (Å²) in [6.07, 6.45) is -11.8. The van der Waals surface area contributed by atoms with E-state index in [1.165, 1.54) is 0 Å². The summed E-state index contributed by atoms with van der Waals surface area (Å²) < 4.78 is 29.0. The second-order valence-corrected chi connectivity index (χ2v) is 9.05. The maximum Gasteiger partial charge on any atom is 0.187 e. The lowest BCUT2D eigenvalue weighted by Gasteiger charge is -2.46. The van der Waals surface area contributed by atoms with E-state index in [4.69, 9.17) is 23.7 Å². The van der Waals surface area contributed by atoms with Gasteiger partial charge in [-0.15, -0.1) is 0 Å². The van der Waals surface area contributed by atoms with Crippen molar-refractivity contribution in [2.24, 2.45) is 5.92 Å². The average Bonchev–Trinajstić information content (AvgIpc) is 2.87. The molecule has 12 atom stereocenters. The quantitative estimate of drug-likeness (QED) is 0.260. The average molecular weight is 452 g/mol. The summed E-state index contributed by atoms with van der Waals surface area (Å²) in [6, 6.07) is 0. The normalized spacial score (nSPS) is 49.0. The third-order valence-corrected chi connectivity index (χ3v) is 5.98. The van der Waals surface area contributed by atoms with E-state index >= 15 is 0 Å². The summed E-state index contributed by atoms with van der Waals surface area (Å²) in [5.74, 6) is 0.387. The molecule has 6 N–H and O–H groups in total. The van der Waals surface area contributed by atoms with Crippen molar-refractivity contribution in [3.05, 3.63) is 0 Å². The lowest BCUT2D eigenvalue weighted by Crippen LogP contribution is -2.65. The summed E-state index contributed by atoms with van der Waals surface area (Å²) in [7, 11) is 0. The third-order valence-electron chi connectivity index (χ3n) is 5.98. The highest BCUT2D eigenvalue weighted by Gasteiger charge is 2.52. The van der Waals surface area contributed by atoms with E-state index in [-0.39, 0.29) is 12.2 Å². The van der Waals surface area contributed by atoms with Crippen LogP contribution in [0.1, 0.15) is 33.6 Å². The molecule has 3 rings (SSSR count). The van der Waals surface area contributed by atoms with E-state index in [9.17, 15) is 30.6 Å². The van der Waals surface area contributed by atoms with Crippen molar-refractivity contribution in [1.82, 2.24) is 0 Å². The molecule has 0 aromatic carbocycles. The van der Waals surface area contributed by atoms with Gasteiger partial charge < -0.3 is 54.3 Å². The van der Waals surface area contributed by atoms with E-state index in [1.54, 1.807) is 0 Å². The first kappa shape index (κ1) is 25.2. The van der Waals surface area contributed by atoms with E-state index in [1.807, 2.05) is 6.92 Å². The molecule has 0 amide bonds. The van der Waals surface area contributed by atoms with Crippen molar-refractivity contribution >= 4 is 0 Å². The van der Waals surface area contributed by atoms with Gasteiger partial charge in [-0.2, -0.15) is 0 Å². The monoisotopic (exact) mass is 452 g/mol. The minimum absolute atomic E-state index is 0.139. The second-order valence-electron chi connectivity index (χ2n) is 9.05. The van der Waals surface area contributed by atoms with Crippen LogP contribution < -0.4 is 0 Å². The first-order valence-electron chi connectivity index (χ1n) is 10.9. The fraction of sp³-hybridized carbons (Fsp3) is 1.00. The second kappa shape index (κ2) is 10.7. The van der Waals surface area contributed by atoms with Crippen molar-refractivity contribution in [3.8, 4) is 0 Å². The molecule has 11 heteroatoms. The summed E-state index contributed by atoms with van der Waals surface area (Å²) in [5, 5.41) is 60.4. The van der Waals surface area contributed by atoms with E-state index in [0.29, 0.717) is 12.3 Å². The van der Waals surface area contributed by atoms with E-state index in [2.05, 4.69) is 13.8 Å². The number of rotatable bonds is 6. The van der Waals surface area contributed by atoms with E-state index < -0.39 is 74.6 Å². The largest absolute Gasteiger partial charge is 0.394 e. The van der Waals surface area contributed by atoms with Gasteiger partial charge in [-0.05, 0) is 25.7 Å². The Morgan fingerprint density at radius 1 is 0.839 bits per heavy atom. The highest BCUT2D eigenvalue weighted by atomic mass is 16.8. The topological polar surface area (TPSA) is 168 Å². The predicted molar refractivity (Wildman–Crippen MR) is 104 cm³/mol. The molecule has 31 heavy (non-hydrogen) atoms. The summed E-state index contributed by atoms with van der Waals surface area (Å²) in [4.78, 5) is 0. The SMILES string of the molecule is CC(C)CC1CC(C)OC2C(O)[C@H](O[C@H]3OC(CO)[C@@H](O)C(O)C3O)C(CO)O[C@H]2O1. The fourth-order valence-corrected chi connectivity index (χ4v) is 4.42. The summed E-state index contributed by atoms with van der Waals surface area (Å²) in [6.45, 7) is 4.89. The number of ether oxygens (including phenoxy) is 5. The molecule has 11 nitrogen and oxygen atoms in total. The van der Waals surface area contributed by atoms with Gasteiger partial charge in [0.2, 0.25) is 0 Å². The Bertz CT molecular complexity index is 561. The van der Waals surface area contributed by atoms with Crippen molar-refractivity contribution in [2.45, 2.75) is 107 Å². The Hall–Kier alpha value is -0.440. The van der Waals surface area contributed by atoms with Crippen molar-refractivity contribution in [3.63, 3.8) is 0 Å². The Kier molecular flexibility index (Phi) is 8.66. The summed E-state index contributed by atoms with van der Waals surface area (Å²) in [5.41, 5.74) is 0. The van der Waals surface area contributed by atoms with Crippen LogP contribution in [0.15, 0.2) is 0 Å². The van der Waals surface area contributed by atoms with E-state index in [0.717, 1.165) is 6.42 Å². The Balaban J connectivity index is 1.75. The molecule has 0 saturated carbocycles. The zero-order chi connectivity index (χ0) is 22.9. The molecule has 182 valence electrons. The molecule has 0 aromatic rings. The Morgan fingerprint density at radius 2 is 1.52 bits per heavy atom. The lowest BCUT2D eigenvalue weighted by atomic mass is 9.97. The Morgan fingerprint density at radius 3 is 2.13 bits per heavy atom. The van der Waals surface area contributed by atoms with Crippen LogP contribution in [-0.4, -0.2) is 117 Å². The standard InChI is InChI=1S/C20H36O11/c1-8(2)4-10-5-9(3)27-18-16(26)17(12(7-22)30-20(18)28-10)31-19-15(25)14(24)13(23)11(6-21)29-19/h8-26H,4-7H2,1-3H3/t9?,10?,11?,12?,13-,14?,15?,16?,17-,18?,19-,20-/m1/s1. The maximum absolute atomic E-state index is 11.0. The molecule has 0 aliphatic carbocycles. The smallest absolute Gasteiger partial charge is 0.187 e. The minimum atomic E-state index is -1.65. The van der Waals surface area contributed by atoms with Gasteiger partial charge >= 0.3 is 0 Å². The van der Waals surface area contributed by atoms with Crippen LogP contribution in [0.4, 0.5) is 0 Å². The van der Waals surface area contributed by atoms with Crippen LogP contribution >= 0.6 is 0 Å². The molecule has 3 saturated heterocycles. The van der Waals surface area contributed by atoms with Gasteiger partial charge in [0.05, 0.1) is 25.4 Å². The van der Waals surface area contributed by atoms with Gasteiger partial charge in [0.15, 0.2) is 12.6 Å². The third kappa shape index (κ3) is 5.56. The lowest BCUT2D eigenvalue weighted by molar-refractivity contribution is -0.362. The molecule has 3 aliphatic heterocycles. The molecule has 3 aliphatic rings. The molecular formula is C20H36O11. The highest BCUT2D eigenvalue weighted by molar-refractivity contribution is 4.96. The number of fused-ring (bicyclic) bond motifs is 1. The molecule has 8 unspecified atom stereocenters. The van der Waals surface area contributed by atoms with Crippen LogP contribution in [0.25, 0.3) is 0 Å². The first-order valence-corrected chi connectivity index (χ1v) is 10.9. The molecule has 0 radical (unpaired) electrons. The van der Waals surface area contributed by atoms with Crippen LogP contribution in [0.2, 0.25) is 0 Å². The molecule has 3 heterocycles. The van der Waals surface area contributed by atoms with Crippen LogP contribution in [-0.2, 0) is 23.7 Å². The van der Waals surface area contributed by atoms with Gasteiger partial charge in [0, 0.05) is 0 Å². The number of aliphatic hydroxyl groups is 6. The summed E-state index contributed by atoms with van der Waals surface area (Å²) >= 11 is 0. The first-order chi connectivity index (χ1) is 14.7. The van der Waals surface area contributed by atoms with Gasteiger partial charge in [-0.1, -0.05) is 13.8 Å². The molecule has 3 fully saturated rings. The maximum atomic E-state index is 11.0. The van der Waals surface area contributed by atoms with Crippen molar-refractivity contribution in [1.29, 1.82) is 0 Å². The zero-order valence-corrected chi connectivity index (χ0v) is 18.1. The van der Waals surface area contributed by atoms with Gasteiger partial charge in [-0.3, -0.25) is 0 Å². The predicted octanol–water partition coefficient (Wildman–Crippen LogP) is -2.14. The molecule has 0 aromatic heterocycles. The molecular weight excluding hydrogens is 416 g/mol. The van der Waals surface area contributed by atoms with Crippen LogP contribution in [0.3, 0.4) is 0 Å². The number of aliphatic hydroxyl groups excluding tert-OH is 6. The fourth-order valence-electron chi connectivity index (χ4n) is 4.42. The molecule has 0 spiro atoms. The minimum Gasteiger partial charge on any atom is -0.394 e. The van der Waals surface area contributed by atoms with Gasteiger partial charge in [-0.25, -0.2) is 0 Å². The zero-order valence-electron chi connectivity index (χ0n) is 18.1. The van der Waals surface area contributed by atoms with Crippen LogP contribution in [0, 0.1) is 5.92 Å².